The molecule has 0 amide bonds. The van der Waals surface area contributed by atoms with Gasteiger partial charge in [-0.2, -0.15) is 5.10 Å². The predicted molar refractivity (Wildman–Crippen MR) is 78.5 cm³/mol. The van der Waals surface area contributed by atoms with E-state index in [1.807, 2.05) is 36.9 Å². The van der Waals surface area contributed by atoms with Crippen molar-refractivity contribution in [3.63, 3.8) is 0 Å². The summed E-state index contributed by atoms with van der Waals surface area (Å²) in [6, 6.07) is 5.63. The molecule has 6 heteroatoms. The first kappa shape index (κ1) is 13.4. The van der Waals surface area contributed by atoms with Crippen molar-refractivity contribution in [1.82, 2.24) is 9.78 Å². The summed E-state index contributed by atoms with van der Waals surface area (Å²) in [5, 5.41) is 4.28. The maximum Gasteiger partial charge on any atom is 0.148 e. The van der Waals surface area contributed by atoms with Crippen molar-refractivity contribution >= 4 is 37.5 Å². The Balaban J connectivity index is 2.18. The summed E-state index contributed by atoms with van der Waals surface area (Å²) in [5.41, 5.74) is 8.41. The number of nitrogens with two attached hydrogens (primary N) is 1. The largest absolute Gasteiger partial charge is 0.485 e. The van der Waals surface area contributed by atoms with E-state index in [-0.39, 0.29) is 0 Å². The topological polar surface area (TPSA) is 53.1 Å². The highest BCUT2D eigenvalue weighted by molar-refractivity contribution is 9.11. The number of aromatic nitrogens is 2. The number of nitrogens with zero attached hydrogens (tertiary/aromatic N) is 2. The van der Waals surface area contributed by atoms with Crippen molar-refractivity contribution in [2.24, 2.45) is 7.05 Å². The quantitative estimate of drug-likeness (QED) is 0.837. The van der Waals surface area contributed by atoms with Crippen molar-refractivity contribution in [3.8, 4) is 5.75 Å². The van der Waals surface area contributed by atoms with E-state index < -0.39 is 0 Å². The van der Waals surface area contributed by atoms with Gasteiger partial charge in [0.05, 0.1) is 20.3 Å². The Labute approximate surface area is 122 Å². The maximum atomic E-state index is 5.79. The van der Waals surface area contributed by atoms with E-state index in [4.69, 9.17) is 10.5 Å². The first-order valence-corrected chi connectivity index (χ1v) is 6.93. The highest BCUT2D eigenvalue weighted by atomic mass is 79.9. The van der Waals surface area contributed by atoms with E-state index in [1.165, 1.54) is 0 Å². The Morgan fingerprint density at radius 1 is 1.28 bits per heavy atom. The van der Waals surface area contributed by atoms with Crippen molar-refractivity contribution < 1.29 is 4.74 Å². The third-order valence-corrected chi connectivity index (χ3v) is 3.66. The number of aryl methyl sites for hydroxylation is 2. The van der Waals surface area contributed by atoms with Crippen LogP contribution in [-0.2, 0) is 13.7 Å². The van der Waals surface area contributed by atoms with Gasteiger partial charge in [-0.1, -0.05) is 0 Å². The van der Waals surface area contributed by atoms with Crippen LogP contribution in [0, 0.1) is 6.92 Å². The van der Waals surface area contributed by atoms with Crippen LogP contribution in [0.25, 0.3) is 0 Å². The molecule has 0 aliphatic heterocycles. The second kappa shape index (κ2) is 5.32. The molecule has 0 aliphatic rings. The van der Waals surface area contributed by atoms with Gasteiger partial charge in [0, 0.05) is 12.7 Å². The van der Waals surface area contributed by atoms with Crippen LogP contribution in [0.4, 0.5) is 5.69 Å². The Morgan fingerprint density at radius 3 is 2.39 bits per heavy atom. The lowest BCUT2D eigenvalue weighted by atomic mass is 10.3. The predicted octanol–water partition coefficient (Wildman–Crippen LogP) is 3.41. The molecule has 1 aromatic heterocycles. The lowest BCUT2D eigenvalue weighted by molar-refractivity contribution is 0.291. The lowest BCUT2D eigenvalue weighted by Gasteiger charge is -2.11. The molecule has 2 aromatic rings. The SMILES string of the molecule is Cc1cc(COc2c(Br)cc(N)cc2Br)n(C)n1. The van der Waals surface area contributed by atoms with Crippen LogP contribution in [0.1, 0.15) is 11.4 Å². The van der Waals surface area contributed by atoms with Gasteiger partial charge in [-0.05, 0) is 57.0 Å². The van der Waals surface area contributed by atoms with E-state index in [1.54, 1.807) is 0 Å². The Kier molecular flexibility index (Phi) is 3.97. The van der Waals surface area contributed by atoms with Gasteiger partial charge in [-0.25, -0.2) is 0 Å². The summed E-state index contributed by atoms with van der Waals surface area (Å²) in [6.07, 6.45) is 0. The second-order valence-electron chi connectivity index (χ2n) is 4.00. The van der Waals surface area contributed by atoms with Crippen LogP contribution in [0.3, 0.4) is 0 Å². The van der Waals surface area contributed by atoms with Crippen LogP contribution < -0.4 is 10.5 Å². The standard InChI is InChI=1S/C12H13Br2N3O/c1-7-3-9(17(2)16-7)6-18-12-10(13)4-8(15)5-11(12)14/h3-5H,6,15H2,1-2H3. The van der Waals surface area contributed by atoms with Crippen molar-refractivity contribution in [3.05, 3.63) is 38.5 Å². The first-order valence-electron chi connectivity index (χ1n) is 5.34. The Bertz CT molecular complexity index is 558. The van der Waals surface area contributed by atoms with Crippen LogP contribution in [-0.4, -0.2) is 9.78 Å². The molecule has 0 radical (unpaired) electrons. The van der Waals surface area contributed by atoms with Crippen LogP contribution in [0.15, 0.2) is 27.1 Å². The van der Waals surface area contributed by atoms with Gasteiger partial charge in [0.2, 0.25) is 0 Å². The third-order valence-electron chi connectivity index (χ3n) is 2.48. The molecule has 0 unspecified atom stereocenters. The number of hydrogen-bond donors (Lipinski definition) is 1. The van der Waals surface area contributed by atoms with Crippen LogP contribution >= 0.6 is 31.9 Å². The molecule has 2 rings (SSSR count). The molecule has 0 spiro atoms. The minimum absolute atomic E-state index is 0.457. The summed E-state index contributed by atoms with van der Waals surface area (Å²) in [4.78, 5) is 0. The average Bonchev–Trinajstić information content (AvgIpc) is 2.55. The van der Waals surface area contributed by atoms with E-state index in [0.29, 0.717) is 12.3 Å². The van der Waals surface area contributed by atoms with Gasteiger partial charge in [0.25, 0.3) is 0 Å². The number of halogens is 2. The monoisotopic (exact) mass is 373 g/mol. The zero-order valence-electron chi connectivity index (χ0n) is 10.1. The Hall–Kier alpha value is -1.01. The van der Waals surface area contributed by atoms with Crippen molar-refractivity contribution in [2.75, 3.05) is 5.73 Å². The number of benzene rings is 1. The fourth-order valence-corrected chi connectivity index (χ4v) is 3.11. The van der Waals surface area contributed by atoms with E-state index in [9.17, 15) is 0 Å². The number of hydrogen-bond acceptors (Lipinski definition) is 3. The minimum Gasteiger partial charge on any atom is -0.485 e. The summed E-state index contributed by atoms with van der Waals surface area (Å²) in [5.74, 6) is 0.739. The van der Waals surface area contributed by atoms with E-state index >= 15 is 0 Å². The lowest BCUT2D eigenvalue weighted by Crippen LogP contribution is -2.04. The molecular formula is C12H13Br2N3O. The Morgan fingerprint density at radius 2 is 1.89 bits per heavy atom. The minimum atomic E-state index is 0.457. The molecule has 0 saturated heterocycles. The summed E-state index contributed by atoms with van der Waals surface area (Å²) in [7, 11) is 1.90. The summed E-state index contributed by atoms with van der Waals surface area (Å²) >= 11 is 6.88. The summed E-state index contributed by atoms with van der Waals surface area (Å²) in [6.45, 7) is 2.41. The zero-order chi connectivity index (χ0) is 13.3. The van der Waals surface area contributed by atoms with E-state index in [2.05, 4.69) is 37.0 Å². The maximum absolute atomic E-state index is 5.79. The number of nitrogen functional groups attached to an aromatic ring is 1. The van der Waals surface area contributed by atoms with Crippen molar-refractivity contribution in [1.29, 1.82) is 0 Å². The molecule has 0 saturated carbocycles. The number of rotatable bonds is 3. The number of ether oxygens (including phenoxy) is 1. The third kappa shape index (κ3) is 2.87. The van der Waals surface area contributed by atoms with E-state index in [0.717, 1.165) is 26.1 Å². The van der Waals surface area contributed by atoms with Gasteiger partial charge in [-0.3, -0.25) is 4.68 Å². The highest BCUT2D eigenvalue weighted by Crippen LogP contribution is 2.36. The highest BCUT2D eigenvalue weighted by Gasteiger charge is 2.10. The van der Waals surface area contributed by atoms with Gasteiger partial charge >= 0.3 is 0 Å². The molecule has 0 atom stereocenters. The molecule has 96 valence electrons. The molecule has 0 aliphatic carbocycles. The molecule has 1 aromatic carbocycles. The van der Waals surface area contributed by atoms with Crippen LogP contribution in [0.5, 0.6) is 5.75 Å². The molecule has 18 heavy (non-hydrogen) atoms. The zero-order valence-corrected chi connectivity index (χ0v) is 13.2. The fraction of sp³-hybridized carbons (Fsp3) is 0.250. The smallest absolute Gasteiger partial charge is 0.148 e. The average molecular weight is 375 g/mol. The summed E-state index contributed by atoms with van der Waals surface area (Å²) < 4.78 is 9.26. The molecule has 0 fully saturated rings. The number of anilines is 1. The second-order valence-corrected chi connectivity index (χ2v) is 5.71. The van der Waals surface area contributed by atoms with Gasteiger partial charge in [0.15, 0.2) is 0 Å². The normalized spacial score (nSPS) is 10.7. The fourth-order valence-electron chi connectivity index (χ4n) is 1.66. The molecule has 1 heterocycles. The van der Waals surface area contributed by atoms with Gasteiger partial charge in [0.1, 0.15) is 12.4 Å². The molecule has 0 bridgehead atoms. The molecule has 2 N–H and O–H groups in total. The van der Waals surface area contributed by atoms with Gasteiger partial charge in [-0.15, -0.1) is 0 Å². The van der Waals surface area contributed by atoms with Gasteiger partial charge < -0.3 is 10.5 Å². The molecular weight excluding hydrogens is 362 g/mol. The van der Waals surface area contributed by atoms with Crippen LogP contribution in [0.2, 0.25) is 0 Å². The first-order chi connectivity index (χ1) is 8.47. The molecule has 4 nitrogen and oxygen atoms in total. The van der Waals surface area contributed by atoms with Crippen molar-refractivity contribution in [2.45, 2.75) is 13.5 Å².